The predicted octanol–water partition coefficient (Wildman–Crippen LogP) is 4.25. The molecular weight excluding hydrogens is 410 g/mol. The minimum Gasteiger partial charge on any atom is -0.454 e. The van der Waals surface area contributed by atoms with Crippen LogP contribution in [0.25, 0.3) is 0 Å². The minimum atomic E-state index is -0.0647. The normalized spacial score (nSPS) is 12.4. The zero-order chi connectivity index (χ0) is 20.4. The fourth-order valence-corrected chi connectivity index (χ4v) is 4.98. The molecule has 0 saturated carbocycles. The molecule has 1 aromatic carbocycles. The zero-order valence-corrected chi connectivity index (χ0v) is 18.0. The molecule has 1 N–H and O–H groups in total. The number of aryl methyl sites for hydroxylation is 3. The van der Waals surface area contributed by atoms with Gasteiger partial charge in [0.05, 0.1) is 17.1 Å². The number of fused-ring (bicyclic) bond motifs is 1. The first-order valence-corrected chi connectivity index (χ1v) is 11.1. The number of hydrogen-bond donors (Lipinski definition) is 1. The first-order valence-electron chi connectivity index (χ1n) is 9.14. The van der Waals surface area contributed by atoms with Crippen LogP contribution in [-0.4, -0.2) is 28.6 Å². The van der Waals surface area contributed by atoms with Gasteiger partial charge in [0.25, 0.3) is 0 Å². The van der Waals surface area contributed by atoms with Crippen LogP contribution in [0.3, 0.4) is 0 Å². The molecule has 0 aliphatic carbocycles. The molecule has 0 fully saturated rings. The van der Waals surface area contributed by atoms with Crippen molar-refractivity contribution in [1.29, 1.82) is 0 Å². The van der Waals surface area contributed by atoms with Crippen molar-refractivity contribution in [3.63, 3.8) is 0 Å². The summed E-state index contributed by atoms with van der Waals surface area (Å²) < 4.78 is 15.9. The van der Waals surface area contributed by atoms with Gasteiger partial charge in [-0.15, -0.1) is 23.1 Å². The van der Waals surface area contributed by atoms with Crippen LogP contribution in [0.4, 0.5) is 5.13 Å². The maximum atomic E-state index is 12.3. The molecule has 29 heavy (non-hydrogen) atoms. The summed E-state index contributed by atoms with van der Waals surface area (Å²) in [5.74, 6) is 3.33. The number of carbonyl (C=O) groups excluding carboxylic acids is 1. The van der Waals surface area contributed by atoms with Gasteiger partial charge in [0.2, 0.25) is 12.7 Å². The number of ether oxygens (including phenoxy) is 2. The van der Waals surface area contributed by atoms with Gasteiger partial charge < -0.3 is 19.3 Å². The average molecular weight is 432 g/mol. The summed E-state index contributed by atoms with van der Waals surface area (Å²) >= 11 is 3.03. The number of thioether (sulfide) groups is 1. The number of anilines is 1. The monoisotopic (exact) mass is 431 g/mol. The third-order valence-electron chi connectivity index (χ3n) is 4.60. The van der Waals surface area contributed by atoms with Gasteiger partial charge in [-0.25, -0.2) is 4.98 Å². The number of aromatic nitrogens is 2. The van der Waals surface area contributed by atoms with Gasteiger partial charge in [0, 0.05) is 22.6 Å². The van der Waals surface area contributed by atoms with E-state index in [1.807, 2.05) is 39.0 Å². The van der Waals surface area contributed by atoms with E-state index < -0.39 is 0 Å². The van der Waals surface area contributed by atoms with Crippen LogP contribution in [0, 0.1) is 20.8 Å². The molecule has 3 heterocycles. The van der Waals surface area contributed by atoms with Crippen molar-refractivity contribution in [1.82, 2.24) is 10.1 Å². The summed E-state index contributed by atoms with van der Waals surface area (Å²) in [7, 11) is 0. The topological polar surface area (TPSA) is 86.5 Å². The third-order valence-corrected chi connectivity index (χ3v) is 6.63. The summed E-state index contributed by atoms with van der Waals surface area (Å²) in [5, 5.41) is 7.47. The first kappa shape index (κ1) is 19.8. The quantitative estimate of drug-likeness (QED) is 0.598. The van der Waals surface area contributed by atoms with E-state index in [-0.39, 0.29) is 12.7 Å². The number of amides is 1. The van der Waals surface area contributed by atoms with Gasteiger partial charge in [0.1, 0.15) is 5.76 Å². The maximum Gasteiger partial charge on any atom is 0.236 e. The van der Waals surface area contributed by atoms with E-state index >= 15 is 0 Å². The summed E-state index contributed by atoms with van der Waals surface area (Å²) in [6.07, 6.45) is 0.733. The van der Waals surface area contributed by atoms with Crippen LogP contribution < -0.4 is 14.8 Å². The molecule has 2 aromatic heterocycles. The van der Waals surface area contributed by atoms with E-state index in [9.17, 15) is 4.79 Å². The van der Waals surface area contributed by atoms with Gasteiger partial charge in [-0.05, 0) is 38.5 Å². The zero-order valence-electron chi connectivity index (χ0n) is 16.4. The second-order valence-electron chi connectivity index (χ2n) is 6.74. The first-order chi connectivity index (χ1) is 14.0. The molecule has 0 saturated heterocycles. The largest absolute Gasteiger partial charge is 0.454 e. The fraction of sp³-hybridized carbons (Fsp3) is 0.350. The van der Waals surface area contributed by atoms with Crippen molar-refractivity contribution < 1.29 is 18.8 Å². The number of carbonyl (C=O) groups is 1. The molecule has 9 heteroatoms. The number of benzene rings is 1. The van der Waals surface area contributed by atoms with E-state index in [2.05, 4.69) is 15.5 Å². The fourth-order valence-electron chi connectivity index (χ4n) is 2.99. The van der Waals surface area contributed by atoms with Crippen molar-refractivity contribution in [2.24, 2.45) is 0 Å². The van der Waals surface area contributed by atoms with Gasteiger partial charge in [-0.3, -0.25) is 4.79 Å². The highest BCUT2D eigenvalue weighted by atomic mass is 32.2. The number of thiazole rings is 1. The van der Waals surface area contributed by atoms with Crippen LogP contribution in [0.5, 0.6) is 11.5 Å². The molecule has 0 atom stereocenters. The average Bonchev–Trinajstić information content (AvgIpc) is 3.37. The van der Waals surface area contributed by atoms with Crippen LogP contribution >= 0.6 is 23.1 Å². The molecule has 1 aliphatic rings. The van der Waals surface area contributed by atoms with E-state index in [4.69, 9.17) is 14.0 Å². The highest BCUT2D eigenvalue weighted by Gasteiger charge is 2.16. The van der Waals surface area contributed by atoms with Gasteiger partial charge in [0.15, 0.2) is 16.6 Å². The second-order valence-corrected chi connectivity index (χ2v) is 8.80. The Bertz CT molecular complexity index is 1030. The summed E-state index contributed by atoms with van der Waals surface area (Å²) in [6.45, 7) is 6.02. The van der Waals surface area contributed by atoms with Crippen molar-refractivity contribution in [3.8, 4) is 11.5 Å². The second kappa shape index (κ2) is 8.46. The van der Waals surface area contributed by atoms with Gasteiger partial charge >= 0.3 is 0 Å². The Kier molecular flexibility index (Phi) is 5.77. The molecule has 152 valence electrons. The Morgan fingerprint density at radius 2 is 2.03 bits per heavy atom. The van der Waals surface area contributed by atoms with E-state index in [0.717, 1.165) is 51.1 Å². The van der Waals surface area contributed by atoms with Crippen molar-refractivity contribution in [2.45, 2.75) is 32.9 Å². The van der Waals surface area contributed by atoms with Gasteiger partial charge in [-0.1, -0.05) is 11.2 Å². The lowest BCUT2D eigenvalue weighted by Gasteiger charge is -2.02. The highest BCUT2D eigenvalue weighted by molar-refractivity contribution is 7.99. The molecule has 1 aliphatic heterocycles. The summed E-state index contributed by atoms with van der Waals surface area (Å²) in [5.41, 5.74) is 3.97. The van der Waals surface area contributed by atoms with Crippen molar-refractivity contribution in [3.05, 3.63) is 51.4 Å². The lowest BCUT2D eigenvalue weighted by molar-refractivity contribution is -0.113. The third kappa shape index (κ3) is 4.56. The Morgan fingerprint density at radius 1 is 1.21 bits per heavy atom. The van der Waals surface area contributed by atoms with Gasteiger partial charge in [-0.2, -0.15) is 0 Å². The summed E-state index contributed by atoms with van der Waals surface area (Å²) in [6, 6.07) is 5.94. The lowest BCUT2D eigenvalue weighted by Crippen LogP contribution is -2.14. The maximum absolute atomic E-state index is 12.3. The number of nitrogens with one attached hydrogen (secondary N) is 1. The molecular formula is C20H21N3O4S2. The Balaban J connectivity index is 1.32. The van der Waals surface area contributed by atoms with Crippen LogP contribution in [0.2, 0.25) is 0 Å². The smallest absolute Gasteiger partial charge is 0.236 e. The van der Waals surface area contributed by atoms with Crippen LogP contribution in [-0.2, 0) is 17.0 Å². The molecule has 3 aromatic rings. The standard InChI is InChI=1S/C20H21N3O4S2/c1-11-15(13(3)27-23-11)8-28-9-19(24)22-20-21-12(2)18(29-20)7-14-4-5-16-17(6-14)26-10-25-16/h4-6H,7-10H2,1-3H3,(H,21,22,24). The number of nitrogens with zero attached hydrogens (tertiary/aromatic N) is 2. The van der Waals surface area contributed by atoms with E-state index in [1.165, 1.54) is 23.1 Å². The Hall–Kier alpha value is -2.52. The molecule has 0 bridgehead atoms. The molecule has 0 spiro atoms. The molecule has 0 radical (unpaired) electrons. The predicted molar refractivity (Wildman–Crippen MR) is 113 cm³/mol. The van der Waals surface area contributed by atoms with E-state index in [1.54, 1.807) is 0 Å². The minimum absolute atomic E-state index is 0.0647. The summed E-state index contributed by atoms with van der Waals surface area (Å²) in [4.78, 5) is 17.9. The van der Waals surface area contributed by atoms with Crippen molar-refractivity contribution >= 4 is 34.1 Å². The van der Waals surface area contributed by atoms with Crippen molar-refractivity contribution in [2.75, 3.05) is 17.9 Å². The lowest BCUT2D eigenvalue weighted by atomic mass is 10.1. The van der Waals surface area contributed by atoms with Crippen LogP contribution in [0.1, 0.15) is 33.2 Å². The number of hydrogen-bond acceptors (Lipinski definition) is 8. The molecule has 0 unspecified atom stereocenters. The number of rotatable bonds is 7. The SMILES string of the molecule is Cc1nc(NC(=O)CSCc2c(C)noc2C)sc1Cc1ccc2c(c1)OCO2. The Labute approximate surface area is 176 Å². The molecule has 7 nitrogen and oxygen atoms in total. The molecule has 4 rings (SSSR count). The Morgan fingerprint density at radius 3 is 2.83 bits per heavy atom. The van der Waals surface area contributed by atoms with E-state index in [0.29, 0.717) is 16.6 Å². The molecule has 1 amide bonds. The highest BCUT2D eigenvalue weighted by Crippen LogP contribution is 2.34. The van der Waals surface area contributed by atoms with Crippen LogP contribution in [0.15, 0.2) is 22.7 Å².